The minimum Gasteiger partial charge on any atom is -0.363 e. The van der Waals surface area contributed by atoms with Gasteiger partial charge in [0.25, 0.3) is 0 Å². The van der Waals surface area contributed by atoms with E-state index >= 15 is 4.39 Å². The van der Waals surface area contributed by atoms with E-state index < -0.39 is 34.5 Å². The highest BCUT2D eigenvalue weighted by Crippen LogP contribution is 2.39. The second-order valence-electron chi connectivity index (χ2n) is 9.11. The van der Waals surface area contributed by atoms with Crippen LogP contribution in [0.15, 0.2) is 81.7 Å². The molecule has 4 aliphatic heterocycles. The lowest BCUT2D eigenvalue weighted by Crippen LogP contribution is -2.52. The van der Waals surface area contributed by atoms with E-state index in [9.17, 15) is 13.2 Å². The summed E-state index contributed by atoms with van der Waals surface area (Å²) in [6, 6.07) is 4.51. The molecule has 1 unspecified atom stereocenters. The molecule has 0 amide bonds. The highest BCUT2D eigenvalue weighted by molar-refractivity contribution is 6.20. The first-order valence-corrected chi connectivity index (χ1v) is 11.7. The van der Waals surface area contributed by atoms with E-state index in [1.807, 2.05) is 42.5 Å². The van der Waals surface area contributed by atoms with E-state index in [0.717, 1.165) is 10.7 Å². The summed E-state index contributed by atoms with van der Waals surface area (Å²) in [6.07, 6.45) is 19.9. The van der Waals surface area contributed by atoms with Crippen molar-refractivity contribution < 1.29 is 17.6 Å². The molecule has 0 radical (unpaired) electrons. The monoisotopic (exact) mass is 513 g/mol. The van der Waals surface area contributed by atoms with Crippen molar-refractivity contribution in [3.8, 4) is 12.3 Å². The van der Waals surface area contributed by atoms with Crippen LogP contribution < -0.4 is 21.3 Å². The van der Waals surface area contributed by atoms with Crippen LogP contribution in [-0.2, 0) is 0 Å². The van der Waals surface area contributed by atoms with Crippen LogP contribution in [-0.4, -0.2) is 28.6 Å². The van der Waals surface area contributed by atoms with Gasteiger partial charge in [-0.15, -0.1) is 6.42 Å². The molecule has 38 heavy (non-hydrogen) atoms. The average molecular weight is 513 g/mol. The van der Waals surface area contributed by atoms with Gasteiger partial charge in [0, 0.05) is 28.4 Å². The lowest BCUT2D eigenvalue weighted by Gasteiger charge is -2.29. The van der Waals surface area contributed by atoms with Crippen molar-refractivity contribution in [2.45, 2.75) is 12.1 Å². The fraction of sp³-hybridized carbons (Fsp3) is 0.103. The number of halogens is 4. The molecular formula is C29H19F4N5. The van der Waals surface area contributed by atoms with Crippen LogP contribution in [0.25, 0.3) is 17.7 Å². The van der Waals surface area contributed by atoms with Crippen molar-refractivity contribution in [3.05, 3.63) is 111 Å². The third kappa shape index (κ3) is 4.25. The third-order valence-electron chi connectivity index (χ3n) is 6.46. The van der Waals surface area contributed by atoms with E-state index in [-0.39, 0.29) is 18.5 Å². The molecule has 0 spiro atoms. The van der Waals surface area contributed by atoms with Gasteiger partial charge in [-0.25, -0.2) is 27.5 Å². The first-order chi connectivity index (χ1) is 18.3. The quantitative estimate of drug-likeness (QED) is 0.255. The number of H-pyrrole nitrogens is 1. The van der Waals surface area contributed by atoms with Crippen LogP contribution in [0.2, 0.25) is 0 Å². The maximum Gasteiger partial charge on any atom is 0.198 e. The van der Waals surface area contributed by atoms with Gasteiger partial charge in [-0.3, -0.25) is 5.32 Å². The Balaban J connectivity index is 1.58. The Labute approximate surface area is 214 Å². The Morgan fingerprint density at radius 1 is 0.895 bits per heavy atom. The van der Waals surface area contributed by atoms with E-state index in [4.69, 9.17) is 6.42 Å². The molecule has 1 aromatic carbocycles. The molecule has 5 heterocycles. The van der Waals surface area contributed by atoms with Crippen molar-refractivity contribution >= 4 is 29.1 Å². The smallest absolute Gasteiger partial charge is 0.198 e. The number of terminal acetylenes is 1. The summed E-state index contributed by atoms with van der Waals surface area (Å²) in [4.78, 5) is 12.5. The predicted molar refractivity (Wildman–Crippen MR) is 139 cm³/mol. The Bertz CT molecular complexity index is 1780. The number of aliphatic imine (C=N–C) groups is 2. The number of aromatic nitrogens is 1. The first-order valence-electron chi connectivity index (χ1n) is 11.7. The molecule has 0 fully saturated rings. The van der Waals surface area contributed by atoms with Crippen molar-refractivity contribution in [2.75, 3.05) is 6.54 Å². The van der Waals surface area contributed by atoms with Crippen molar-refractivity contribution in [1.82, 2.24) is 15.6 Å². The molecule has 4 aliphatic rings. The number of nitrogens with one attached hydrogen (secondary N) is 3. The average Bonchev–Trinajstić information content (AvgIpc) is 3.69. The Morgan fingerprint density at radius 3 is 2.29 bits per heavy atom. The molecule has 1 aromatic heterocycles. The fourth-order valence-corrected chi connectivity index (χ4v) is 4.77. The van der Waals surface area contributed by atoms with Crippen molar-refractivity contribution in [3.63, 3.8) is 0 Å². The minimum atomic E-state index is -1.88. The van der Waals surface area contributed by atoms with Crippen LogP contribution in [0.3, 0.4) is 0 Å². The number of fused-ring (bicyclic) bond motifs is 6. The van der Waals surface area contributed by atoms with Crippen LogP contribution >= 0.6 is 0 Å². The summed E-state index contributed by atoms with van der Waals surface area (Å²) in [7, 11) is 0. The molecule has 6 rings (SSSR count). The van der Waals surface area contributed by atoms with E-state index in [1.54, 1.807) is 18.2 Å². The minimum absolute atomic E-state index is 0.0210. The number of hydrogen-bond acceptors (Lipinski definition) is 4. The topological polar surface area (TPSA) is 64.6 Å². The third-order valence-corrected chi connectivity index (χ3v) is 6.46. The van der Waals surface area contributed by atoms with Gasteiger partial charge in [0.05, 0.1) is 29.4 Å². The first kappa shape index (κ1) is 23.7. The SMILES string of the molecule is C#CCNC12C=C3C=CC(=N3)C=c3ccc([nH]3)=CC3=NC(=CC(=C(c4cc(F)c(F)c(F)c4F)C1)N2)C=C3. The summed E-state index contributed by atoms with van der Waals surface area (Å²) in [5, 5.41) is 8.20. The van der Waals surface area contributed by atoms with Gasteiger partial charge in [-0.1, -0.05) is 5.92 Å². The molecule has 1 atom stereocenters. The van der Waals surface area contributed by atoms with Crippen LogP contribution in [0, 0.1) is 35.6 Å². The molecule has 188 valence electrons. The van der Waals surface area contributed by atoms with Crippen molar-refractivity contribution in [2.24, 2.45) is 9.98 Å². The number of aromatic amines is 1. The number of allylic oxidation sites excluding steroid dienone is 5. The second kappa shape index (κ2) is 9.01. The molecule has 0 saturated carbocycles. The van der Waals surface area contributed by atoms with Gasteiger partial charge in [-0.05, 0) is 72.4 Å². The normalized spacial score (nSPS) is 21.2. The van der Waals surface area contributed by atoms with Crippen LogP contribution in [0.1, 0.15) is 12.0 Å². The Hall–Kier alpha value is -4.68. The Morgan fingerprint density at radius 2 is 1.58 bits per heavy atom. The summed E-state index contributed by atoms with van der Waals surface area (Å²) in [5.41, 5.74) is 1.52. The zero-order chi connectivity index (χ0) is 26.4. The molecule has 3 N–H and O–H groups in total. The maximum atomic E-state index is 15.0. The largest absolute Gasteiger partial charge is 0.363 e. The summed E-state index contributed by atoms with van der Waals surface area (Å²) in [5.74, 6) is -4.21. The summed E-state index contributed by atoms with van der Waals surface area (Å²) >= 11 is 0. The molecule has 8 bridgehead atoms. The van der Waals surface area contributed by atoms with E-state index in [2.05, 4.69) is 31.5 Å². The van der Waals surface area contributed by atoms with E-state index in [0.29, 0.717) is 34.6 Å². The van der Waals surface area contributed by atoms with E-state index in [1.165, 1.54) is 0 Å². The number of benzene rings is 1. The number of rotatable bonds is 3. The maximum absolute atomic E-state index is 15.0. The Kier molecular flexibility index (Phi) is 5.62. The van der Waals surface area contributed by atoms with Gasteiger partial charge < -0.3 is 10.3 Å². The van der Waals surface area contributed by atoms with Gasteiger partial charge in [0.1, 0.15) is 5.66 Å². The van der Waals surface area contributed by atoms with Crippen LogP contribution in [0.4, 0.5) is 17.6 Å². The lowest BCUT2D eigenvalue weighted by atomic mass is 9.95. The number of hydrogen-bond donors (Lipinski definition) is 3. The molecular weight excluding hydrogens is 494 g/mol. The fourth-order valence-electron chi connectivity index (χ4n) is 4.77. The van der Waals surface area contributed by atoms with Gasteiger partial charge in [-0.2, -0.15) is 0 Å². The standard InChI is InChI=1S/C29H19F4N5/c1-2-9-34-29-14-21-8-7-19(37-21)11-17-4-3-16(35-17)10-18-5-6-20(36-18)12-25(38-29)23(15-29)22-13-24(30)27(32)28(33)26(22)31/h1,3-8,10-14,34-35,38H,9,15H2. The van der Waals surface area contributed by atoms with Gasteiger partial charge in [0.15, 0.2) is 23.3 Å². The highest BCUT2D eigenvalue weighted by Gasteiger charge is 2.38. The molecule has 5 nitrogen and oxygen atoms in total. The molecule has 9 heteroatoms. The zero-order valence-corrected chi connectivity index (χ0v) is 19.7. The summed E-state index contributed by atoms with van der Waals surface area (Å²) < 4.78 is 57.3. The summed E-state index contributed by atoms with van der Waals surface area (Å²) in [6.45, 7) is 0.122. The van der Waals surface area contributed by atoms with Gasteiger partial charge >= 0.3 is 0 Å². The second-order valence-corrected chi connectivity index (χ2v) is 9.11. The highest BCUT2D eigenvalue weighted by atomic mass is 19.2. The molecule has 0 saturated heterocycles. The zero-order valence-electron chi connectivity index (χ0n) is 19.7. The predicted octanol–water partition coefficient (Wildman–Crippen LogP) is 3.26. The van der Waals surface area contributed by atoms with Crippen molar-refractivity contribution in [1.29, 1.82) is 0 Å². The molecule has 0 aliphatic carbocycles. The van der Waals surface area contributed by atoms with Crippen LogP contribution in [0.5, 0.6) is 0 Å². The number of nitrogens with zero attached hydrogens (tertiary/aromatic N) is 2. The lowest BCUT2D eigenvalue weighted by molar-refractivity contribution is 0.396. The van der Waals surface area contributed by atoms with Gasteiger partial charge in [0.2, 0.25) is 0 Å². The molecule has 2 aromatic rings.